The minimum atomic E-state index is 0.751. The quantitative estimate of drug-likeness (QED) is 0.821. The zero-order chi connectivity index (χ0) is 13.8. The van der Waals surface area contributed by atoms with Gasteiger partial charge in [0.15, 0.2) is 0 Å². The Bertz CT molecular complexity index is 548. The minimum absolute atomic E-state index is 0.751. The van der Waals surface area contributed by atoms with E-state index in [9.17, 15) is 0 Å². The second kappa shape index (κ2) is 6.45. The fraction of sp³-hybridized carbons (Fsp3) is 0.556. The number of fused-ring (bicyclic) bond motifs is 1. The van der Waals surface area contributed by atoms with Crippen molar-refractivity contribution in [3.63, 3.8) is 0 Å². The lowest BCUT2D eigenvalue weighted by molar-refractivity contribution is 0.447. The van der Waals surface area contributed by atoms with Gasteiger partial charge in [0.05, 0.1) is 0 Å². The fourth-order valence-electron chi connectivity index (χ4n) is 3.39. The Morgan fingerprint density at radius 3 is 2.70 bits per heavy atom. The van der Waals surface area contributed by atoms with Crippen molar-refractivity contribution in [2.45, 2.75) is 58.0 Å². The van der Waals surface area contributed by atoms with Crippen molar-refractivity contribution in [2.75, 3.05) is 6.54 Å². The van der Waals surface area contributed by atoms with E-state index in [4.69, 9.17) is 0 Å². The smallest absolute Gasteiger partial charge is 0.0480 e. The molecule has 0 atom stereocenters. The molecule has 0 unspecified atom stereocenters. The van der Waals surface area contributed by atoms with E-state index in [1.165, 1.54) is 55.0 Å². The highest BCUT2D eigenvalue weighted by Gasteiger charge is 2.11. The highest BCUT2D eigenvalue weighted by atomic mass is 15.0. The van der Waals surface area contributed by atoms with Gasteiger partial charge in [-0.1, -0.05) is 37.3 Å². The van der Waals surface area contributed by atoms with Crippen LogP contribution in [-0.2, 0) is 6.54 Å². The summed E-state index contributed by atoms with van der Waals surface area (Å²) in [7, 11) is 0. The number of rotatable bonds is 4. The van der Waals surface area contributed by atoms with Gasteiger partial charge in [0.25, 0.3) is 0 Å². The maximum absolute atomic E-state index is 3.76. The van der Waals surface area contributed by atoms with E-state index in [-0.39, 0.29) is 0 Å². The van der Waals surface area contributed by atoms with E-state index in [0.717, 1.165) is 19.1 Å². The molecular weight excluding hydrogens is 244 g/mol. The molecular formula is C18H26N2. The molecule has 0 spiro atoms. The average molecular weight is 270 g/mol. The molecule has 1 N–H and O–H groups in total. The molecule has 0 saturated heterocycles. The summed E-state index contributed by atoms with van der Waals surface area (Å²) in [6.07, 6.45) is 10.6. The molecule has 0 amide bonds. The number of hydrogen-bond acceptors (Lipinski definition) is 1. The summed E-state index contributed by atoms with van der Waals surface area (Å²) >= 11 is 0. The molecule has 2 aromatic rings. The Morgan fingerprint density at radius 2 is 1.90 bits per heavy atom. The minimum Gasteiger partial charge on any atom is -0.346 e. The van der Waals surface area contributed by atoms with Gasteiger partial charge in [-0.15, -0.1) is 0 Å². The summed E-state index contributed by atoms with van der Waals surface area (Å²) in [5.41, 5.74) is 2.70. The van der Waals surface area contributed by atoms with Crippen molar-refractivity contribution in [2.24, 2.45) is 0 Å². The third kappa shape index (κ3) is 3.24. The first-order valence-electron chi connectivity index (χ1n) is 8.12. The van der Waals surface area contributed by atoms with Crippen LogP contribution in [0, 0.1) is 6.92 Å². The van der Waals surface area contributed by atoms with E-state index < -0.39 is 0 Å². The van der Waals surface area contributed by atoms with Crippen LogP contribution in [0.15, 0.2) is 30.5 Å². The predicted octanol–water partition coefficient (Wildman–Crippen LogP) is 4.26. The molecule has 0 aliphatic heterocycles. The number of benzene rings is 1. The molecule has 1 heterocycles. The lowest BCUT2D eigenvalue weighted by Crippen LogP contribution is -2.31. The summed E-state index contributed by atoms with van der Waals surface area (Å²) in [5.74, 6) is 0. The molecule has 0 bridgehead atoms. The maximum atomic E-state index is 3.76. The van der Waals surface area contributed by atoms with Crippen LogP contribution in [0.25, 0.3) is 10.9 Å². The monoisotopic (exact) mass is 270 g/mol. The Kier molecular flexibility index (Phi) is 4.41. The number of hydrogen-bond donors (Lipinski definition) is 1. The molecule has 0 radical (unpaired) electrons. The van der Waals surface area contributed by atoms with E-state index in [1.54, 1.807) is 0 Å². The zero-order valence-corrected chi connectivity index (χ0v) is 12.6. The summed E-state index contributed by atoms with van der Waals surface area (Å²) in [4.78, 5) is 0. The van der Waals surface area contributed by atoms with E-state index in [2.05, 4.69) is 47.3 Å². The molecule has 1 fully saturated rings. The Hall–Kier alpha value is -1.28. The predicted molar refractivity (Wildman–Crippen MR) is 86.2 cm³/mol. The number of aryl methyl sites for hydroxylation is 1. The van der Waals surface area contributed by atoms with Gasteiger partial charge in [0, 0.05) is 30.8 Å². The normalized spacial score (nSPS) is 17.4. The van der Waals surface area contributed by atoms with Crippen LogP contribution in [0.1, 0.15) is 44.1 Å². The molecule has 20 heavy (non-hydrogen) atoms. The Balaban J connectivity index is 1.57. The summed E-state index contributed by atoms with van der Waals surface area (Å²) < 4.78 is 2.37. The van der Waals surface area contributed by atoms with Crippen LogP contribution in [0.3, 0.4) is 0 Å². The molecule has 1 aromatic heterocycles. The van der Waals surface area contributed by atoms with E-state index >= 15 is 0 Å². The van der Waals surface area contributed by atoms with Gasteiger partial charge in [0.1, 0.15) is 0 Å². The summed E-state index contributed by atoms with van der Waals surface area (Å²) in [5, 5.41) is 5.12. The number of nitrogens with one attached hydrogen (secondary N) is 1. The fourth-order valence-corrected chi connectivity index (χ4v) is 3.39. The Morgan fingerprint density at radius 1 is 1.10 bits per heavy atom. The number of aromatic nitrogens is 1. The third-order valence-electron chi connectivity index (χ3n) is 4.57. The second-order valence-electron chi connectivity index (χ2n) is 6.21. The van der Waals surface area contributed by atoms with E-state index in [1.807, 2.05) is 0 Å². The van der Waals surface area contributed by atoms with Gasteiger partial charge in [-0.25, -0.2) is 0 Å². The highest BCUT2D eigenvalue weighted by Crippen LogP contribution is 2.18. The first kappa shape index (κ1) is 13.7. The van der Waals surface area contributed by atoms with Crippen molar-refractivity contribution in [3.05, 3.63) is 36.0 Å². The van der Waals surface area contributed by atoms with Gasteiger partial charge >= 0.3 is 0 Å². The average Bonchev–Trinajstić information content (AvgIpc) is 2.67. The van der Waals surface area contributed by atoms with Gasteiger partial charge in [-0.05, 0) is 43.4 Å². The van der Waals surface area contributed by atoms with E-state index in [0.29, 0.717) is 0 Å². The maximum Gasteiger partial charge on any atom is 0.0480 e. The molecule has 3 rings (SSSR count). The lowest BCUT2D eigenvalue weighted by atomic mass is 10.1. The second-order valence-corrected chi connectivity index (χ2v) is 6.21. The van der Waals surface area contributed by atoms with Crippen LogP contribution in [0.4, 0.5) is 0 Å². The van der Waals surface area contributed by atoms with Gasteiger partial charge < -0.3 is 9.88 Å². The molecule has 1 aliphatic rings. The number of nitrogens with zero attached hydrogens (tertiary/aromatic N) is 1. The zero-order valence-electron chi connectivity index (χ0n) is 12.6. The van der Waals surface area contributed by atoms with Gasteiger partial charge in [-0.3, -0.25) is 0 Å². The standard InChI is InChI=1S/C18H26N2/c1-15-8-9-18-16(14-15)10-12-20(18)13-11-19-17-6-4-2-3-5-7-17/h8-10,12,14,17,19H,2-7,11,13H2,1H3. The van der Waals surface area contributed by atoms with Crippen molar-refractivity contribution in [1.82, 2.24) is 9.88 Å². The van der Waals surface area contributed by atoms with Crippen LogP contribution in [0.2, 0.25) is 0 Å². The van der Waals surface area contributed by atoms with Crippen LogP contribution >= 0.6 is 0 Å². The van der Waals surface area contributed by atoms with Crippen LogP contribution < -0.4 is 5.32 Å². The van der Waals surface area contributed by atoms with Crippen molar-refractivity contribution < 1.29 is 0 Å². The van der Waals surface area contributed by atoms with Gasteiger partial charge in [0.2, 0.25) is 0 Å². The molecule has 1 saturated carbocycles. The van der Waals surface area contributed by atoms with Crippen molar-refractivity contribution in [1.29, 1.82) is 0 Å². The highest BCUT2D eigenvalue weighted by molar-refractivity contribution is 5.80. The van der Waals surface area contributed by atoms with Crippen molar-refractivity contribution >= 4 is 10.9 Å². The first-order chi connectivity index (χ1) is 9.83. The summed E-state index contributed by atoms with van der Waals surface area (Å²) in [6.45, 7) is 4.32. The van der Waals surface area contributed by atoms with Crippen molar-refractivity contribution in [3.8, 4) is 0 Å². The van der Waals surface area contributed by atoms with Crippen LogP contribution in [0.5, 0.6) is 0 Å². The first-order valence-corrected chi connectivity index (χ1v) is 8.12. The molecule has 2 heteroatoms. The lowest BCUT2D eigenvalue weighted by Gasteiger charge is -2.16. The topological polar surface area (TPSA) is 17.0 Å². The SMILES string of the molecule is Cc1ccc2c(ccn2CCNC2CCCCCC2)c1. The van der Waals surface area contributed by atoms with Gasteiger partial charge in [-0.2, -0.15) is 0 Å². The molecule has 1 aromatic carbocycles. The summed E-state index contributed by atoms with van der Waals surface area (Å²) in [6, 6.07) is 9.70. The Labute approximate surface area is 122 Å². The third-order valence-corrected chi connectivity index (χ3v) is 4.57. The molecule has 1 aliphatic carbocycles. The van der Waals surface area contributed by atoms with Crippen LogP contribution in [-0.4, -0.2) is 17.2 Å². The molecule has 2 nitrogen and oxygen atoms in total. The molecule has 108 valence electrons. The largest absolute Gasteiger partial charge is 0.346 e.